The summed E-state index contributed by atoms with van der Waals surface area (Å²) >= 11 is 0. The molecule has 0 bridgehead atoms. The lowest BCUT2D eigenvalue weighted by atomic mass is 10.1. The zero-order chi connectivity index (χ0) is 15.2. The number of amides is 1. The minimum absolute atomic E-state index is 0.0134. The van der Waals surface area contributed by atoms with Crippen molar-refractivity contribution in [1.29, 1.82) is 5.26 Å². The van der Waals surface area contributed by atoms with Gasteiger partial charge in [0, 0.05) is 6.54 Å². The third-order valence-corrected chi connectivity index (χ3v) is 3.06. The smallest absolute Gasteiger partial charge is 0.257 e. The van der Waals surface area contributed by atoms with Gasteiger partial charge in [-0.3, -0.25) is 4.79 Å². The molecule has 2 aromatic rings. The summed E-state index contributed by atoms with van der Waals surface area (Å²) in [6.45, 7) is 2.23. The van der Waals surface area contributed by atoms with Crippen LogP contribution >= 0.6 is 0 Å². The molecule has 0 aliphatic heterocycles. The van der Waals surface area contributed by atoms with E-state index in [1.54, 1.807) is 25.1 Å². The number of hydrogen-bond acceptors (Lipinski definition) is 3. The van der Waals surface area contributed by atoms with Gasteiger partial charge in [-0.25, -0.2) is 4.39 Å². The number of furan rings is 1. The lowest BCUT2D eigenvalue weighted by molar-refractivity contribution is 0.0730. The first kappa shape index (κ1) is 14.8. The molecule has 108 valence electrons. The van der Waals surface area contributed by atoms with E-state index in [-0.39, 0.29) is 25.1 Å². The lowest BCUT2D eigenvalue weighted by Gasteiger charge is -2.21. The van der Waals surface area contributed by atoms with Gasteiger partial charge in [0.1, 0.15) is 11.6 Å². The van der Waals surface area contributed by atoms with Crippen molar-refractivity contribution in [3.63, 3.8) is 0 Å². The van der Waals surface area contributed by atoms with E-state index in [9.17, 15) is 9.18 Å². The van der Waals surface area contributed by atoms with Crippen LogP contribution in [0.3, 0.4) is 0 Å². The molecule has 1 aromatic carbocycles. The number of hydrogen-bond donors (Lipinski definition) is 0. The monoisotopic (exact) mass is 286 g/mol. The van der Waals surface area contributed by atoms with Crippen molar-refractivity contribution in [3.8, 4) is 6.07 Å². The number of carbonyl (C=O) groups is 1. The highest BCUT2D eigenvalue weighted by molar-refractivity contribution is 5.94. The van der Waals surface area contributed by atoms with Crippen LogP contribution in [0.2, 0.25) is 0 Å². The van der Waals surface area contributed by atoms with E-state index in [0.717, 1.165) is 5.56 Å². The molecule has 1 aromatic heterocycles. The molecule has 0 aliphatic rings. The minimum Gasteiger partial charge on any atom is -0.467 e. The first-order valence-electron chi connectivity index (χ1n) is 6.56. The van der Waals surface area contributed by atoms with E-state index >= 15 is 0 Å². The van der Waals surface area contributed by atoms with E-state index in [0.29, 0.717) is 5.76 Å². The molecule has 21 heavy (non-hydrogen) atoms. The summed E-state index contributed by atoms with van der Waals surface area (Å²) in [5, 5.41) is 8.71. The van der Waals surface area contributed by atoms with Crippen LogP contribution in [0.15, 0.2) is 41.0 Å². The molecule has 1 amide bonds. The Hall–Kier alpha value is -2.61. The molecule has 0 spiro atoms. The van der Waals surface area contributed by atoms with Gasteiger partial charge in [0.2, 0.25) is 0 Å². The molecule has 0 unspecified atom stereocenters. The fraction of sp³-hybridized carbons (Fsp3) is 0.250. The minimum atomic E-state index is -0.563. The van der Waals surface area contributed by atoms with E-state index in [1.165, 1.54) is 23.3 Å². The van der Waals surface area contributed by atoms with Crippen LogP contribution in [0.1, 0.15) is 28.1 Å². The first-order chi connectivity index (χ1) is 10.1. The van der Waals surface area contributed by atoms with Gasteiger partial charge in [-0.05, 0) is 31.2 Å². The van der Waals surface area contributed by atoms with Crippen molar-refractivity contribution in [2.24, 2.45) is 0 Å². The normalized spacial score (nSPS) is 10.1. The van der Waals surface area contributed by atoms with Crippen molar-refractivity contribution < 1.29 is 13.6 Å². The summed E-state index contributed by atoms with van der Waals surface area (Å²) in [5.74, 6) is -0.413. The lowest BCUT2D eigenvalue weighted by Crippen LogP contribution is -2.32. The maximum Gasteiger partial charge on any atom is 0.257 e. The first-order valence-corrected chi connectivity index (χ1v) is 6.56. The zero-order valence-corrected chi connectivity index (χ0v) is 11.7. The summed E-state index contributed by atoms with van der Waals surface area (Å²) in [5.41, 5.74) is 0.817. The Bertz CT molecular complexity index is 659. The average molecular weight is 286 g/mol. The second kappa shape index (κ2) is 6.71. The van der Waals surface area contributed by atoms with Gasteiger partial charge in [0.15, 0.2) is 0 Å². The van der Waals surface area contributed by atoms with Crippen LogP contribution in [0.5, 0.6) is 0 Å². The van der Waals surface area contributed by atoms with Crippen LogP contribution in [0.4, 0.5) is 4.39 Å². The summed E-state index contributed by atoms with van der Waals surface area (Å²) in [7, 11) is 0. The third-order valence-electron chi connectivity index (χ3n) is 3.06. The maximum atomic E-state index is 13.8. The number of benzene rings is 1. The van der Waals surface area contributed by atoms with E-state index < -0.39 is 11.7 Å². The molecule has 4 nitrogen and oxygen atoms in total. The summed E-state index contributed by atoms with van der Waals surface area (Å²) < 4.78 is 19.1. The molecule has 0 saturated heterocycles. The quantitative estimate of drug-likeness (QED) is 0.847. The molecule has 5 heteroatoms. The van der Waals surface area contributed by atoms with Gasteiger partial charge in [0.25, 0.3) is 5.91 Å². The predicted molar refractivity (Wildman–Crippen MR) is 74.8 cm³/mol. The summed E-state index contributed by atoms with van der Waals surface area (Å²) in [4.78, 5) is 13.9. The van der Waals surface area contributed by atoms with Crippen molar-refractivity contribution in [1.82, 2.24) is 4.90 Å². The second-order valence-electron chi connectivity index (χ2n) is 4.70. The summed E-state index contributed by atoms with van der Waals surface area (Å²) in [6, 6.07) is 9.84. The van der Waals surface area contributed by atoms with Crippen molar-refractivity contribution in [2.75, 3.05) is 6.54 Å². The molecular weight excluding hydrogens is 271 g/mol. The molecular formula is C16H15FN2O2. The van der Waals surface area contributed by atoms with Gasteiger partial charge in [-0.1, -0.05) is 11.6 Å². The Morgan fingerprint density at radius 1 is 1.43 bits per heavy atom. The Labute approximate surface area is 122 Å². The van der Waals surface area contributed by atoms with Crippen LogP contribution < -0.4 is 0 Å². The second-order valence-corrected chi connectivity index (χ2v) is 4.70. The fourth-order valence-electron chi connectivity index (χ4n) is 2.00. The largest absolute Gasteiger partial charge is 0.467 e. The van der Waals surface area contributed by atoms with Crippen LogP contribution in [-0.2, 0) is 6.54 Å². The Balaban J connectivity index is 2.24. The molecule has 0 N–H and O–H groups in total. The van der Waals surface area contributed by atoms with E-state index in [2.05, 4.69) is 0 Å². The Kier molecular flexibility index (Phi) is 4.72. The molecule has 0 fully saturated rings. The predicted octanol–water partition coefficient (Wildman–Crippen LogP) is 3.28. The van der Waals surface area contributed by atoms with Gasteiger partial charge < -0.3 is 9.32 Å². The molecule has 2 rings (SSSR count). The fourth-order valence-corrected chi connectivity index (χ4v) is 2.00. The standard InChI is InChI=1S/C16H15FN2O2/c1-12-5-6-15(17)14(10-12)16(20)19(8-3-7-18)11-13-4-2-9-21-13/h2,4-6,9-10H,3,8,11H2,1H3. The highest BCUT2D eigenvalue weighted by atomic mass is 19.1. The van der Waals surface area contributed by atoms with E-state index in [4.69, 9.17) is 9.68 Å². The van der Waals surface area contributed by atoms with Crippen molar-refractivity contribution >= 4 is 5.91 Å². The Morgan fingerprint density at radius 2 is 2.24 bits per heavy atom. The number of carbonyl (C=O) groups excluding carboxylic acids is 1. The summed E-state index contributed by atoms with van der Waals surface area (Å²) in [6.07, 6.45) is 1.69. The number of rotatable bonds is 5. The van der Waals surface area contributed by atoms with Crippen LogP contribution in [-0.4, -0.2) is 17.4 Å². The van der Waals surface area contributed by atoms with Crippen molar-refractivity contribution in [3.05, 3.63) is 59.3 Å². The molecule has 0 radical (unpaired) electrons. The number of nitriles is 1. The Morgan fingerprint density at radius 3 is 2.90 bits per heavy atom. The number of aryl methyl sites for hydroxylation is 1. The molecule has 1 heterocycles. The van der Waals surface area contributed by atoms with Crippen LogP contribution in [0, 0.1) is 24.1 Å². The van der Waals surface area contributed by atoms with Gasteiger partial charge in [-0.2, -0.15) is 5.26 Å². The van der Waals surface area contributed by atoms with Crippen molar-refractivity contribution in [2.45, 2.75) is 19.9 Å². The zero-order valence-electron chi connectivity index (χ0n) is 11.7. The van der Waals surface area contributed by atoms with Crippen LogP contribution in [0.25, 0.3) is 0 Å². The highest BCUT2D eigenvalue weighted by Crippen LogP contribution is 2.15. The van der Waals surface area contributed by atoms with Gasteiger partial charge >= 0.3 is 0 Å². The van der Waals surface area contributed by atoms with Gasteiger partial charge in [0.05, 0.1) is 30.9 Å². The maximum absolute atomic E-state index is 13.8. The topological polar surface area (TPSA) is 57.2 Å². The SMILES string of the molecule is Cc1ccc(F)c(C(=O)N(CCC#N)Cc2ccco2)c1. The highest BCUT2D eigenvalue weighted by Gasteiger charge is 2.20. The number of halogens is 1. The third kappa shape index (κ3) is 3.69. The molecule has 0 atom stereocenters. The average Bonchev–Trinajstić information content (AvgIpc) is 2.98. The van der Waals surface area contributed by atoms with Gasteiger partial charge in [-0.15, -0.1) is 0 Å². The molecule has 0 saturated carbocycles. The molecule has 0 aliphatic carbocycles. The number of nitrogens with zero attached hydrogens (tertiary/aromatic N) is 2. The van der Waals surface area contributed by atoms with E-state index in [1.807, 2.05) is 6.07 Å².